The third-order valence-electron chi connectivity index (χ3n) is 3.65. The molecular formula is C19H20BrNO3. The van der Waals surface area contributed by atoms with Gasteiger partial charge >= 0.3 is 5.97 Å². The predicted molar refractivity (Wildman–Crippen MR) is 96.8 cm³/mol. The Balaban J connectivity index is 1.91. The van der Waals surface area contributed by atoms with Gasteiger partial charge in [0.25, 0.3) is 5.91 Å². The van der Waals surface area contributed by atoms with Crippen molar-refractivity contribution in [3.8, 4) is 0 Å². The molecule has 1 amide bonds. The van der Waals surface area contributed by atoms with Crippen LogP contribution in [0.5, 0.6) is 0 Å². The van der Waals surface area contributed by atoms with Crippen molar-refractivity contribution >= 4 is 27.8 Å². The summed E-state index contributed by atoms with van der Waals surface area (Å²) in [5.74, 6) is -0.844. The van der Waals surface area contributed by atoms with E-state index in [9.17, 15) is 9.59 Å². The zero-order valence-electron chi connectivity index (χ0n) is 13.7. The van der Waals surface area contributed by atoms with Gasteiger partial charge in [0.1, 0.15) is 0 Å². The number of hydrogen-bond acceptors (Lipinski definition) is 3. The summed E-state index contributed by atoms with van der Waals surface area (Å²) in [7, 11) is 0. The first-order valence-electron chi connectivity index (χ1n) is 7.79. The van der Waals surface area contributed by atoms with Gasteiger partial charge in [0, 0.05) is 4.47 Å². The van der Waals surface area contributed by atoms with Gasteiger partial charge in [0.2, 0.25) is 0 Å². The lowest BCUT2D eigenvalue weighted by Crippen LogP contribution is -2.32. The highest BCUT2D eigenvalue weighted by Gasteiger charge is 2.16. The second-order valence-electron chi connectivity index (χ2n) is 5.50. The van der Waals surface area contributed by atoms with E-state index in [-0.39, 0.29) is 18.6 Å². The summed E-state index contributed by atoms with van der Waals surface area (Å²) in [5.41, 5.74) is 2.60. The lowest BCUT2D eigenvalue weighted by atomic mass is 10.0. The number of benzene rings is 2. The highest BCUT2D eigenvalue weighted by Crippen LogP contribution is 2.18. The molecule has 4 nitrogen and oxygen atoms in total. The number of esters is 1. The van der Waals surface area contributed by atoms with Crippen LogP contribution in [-0.2, 0) is 9.53 Å². The van der Waals surface area contributed by atoms with Crippen molar-refractivity contribution in [1.29, 1.82) is 0 Å². The molecule has 0 aliphatic heterocycles. The molecule has 0 radical (unpaired) electrons. The molecule has 0 unspecified atom stereocenters. The first-order valence-corrected chi connectivity index (χ1v) is 8.58. The summed E-state index contributed by atoms with van der Waals surface area (Å²) >= 11 is 3.29. The zero-order chi connectivity index (χ0) is 17.5. The molecule has 0 saturated carbocycles. The van der Waals surface area contributed by atoms with E-state index >= 15 is 0 Å². The van der Waals surface area contributed by atoms with Crippen LogP contribution in [0.15, 0.2) is 53.0 Å². The summed E-state index contributed by atoms with van der Waals surface area (Å²) in [5, 5.41) is 2.90. The molecule has 0 fully saturated rings. The van der Waals surface area contributed by atoms with E-state index in [1.165, 1.54) is 5.56 Å². The van der Waals surface area contributed by atoms with Crippen molar-refractivity contribution in [2.24, 2.45) is 0 Å². The fourth-order valence-corrected chi connectivity index (χ4v) is 2.74. The predicted octanol–water partition coefficient (Wildman–Crippen LogP) is 4.18. The third kappa shape index (κ3) is 4.93. The minimum Gasteiger partial charge on any atom is -0.452 e. The number of halogens is 1. The van der Waals surface area contributed by atoms with E-state index in [0.29, 0.717) is 10.0 Å². The number of carbonyl (C=O) groups excluding carboxylic acids is 2. The molecule has 0 heterocycles. The van der Waals surface area contributed by atoms with Gasteiger partial charge in [0.05, 0.1) is 11.6 Å². The Kier molecular flexibility index (Phi) is 6.55. The van der Waals surface area contributed by atoms with Gasteiger partial charge in [-0.1, -0.05) is 48.9 Å². The van der Waals surface area contributed by atoms with Gasteiger partial charge in [-0.25, -0.2) is 4.79 Å². The highest BCUT2D eigenvalue weighted by molar-refractivity contribution is 9.10. The second-order valence-corrected chi connectivity index (χ2v) is 6.35. The van der Waals surface area contributed by atoms with E-state index < -0.39 is 5.97 Å². The minimum atomic E-state index is -0.527. The normalized spacial score (nSPS) is 11.6. The van der Waals surface area contributed by atoms with Crippen LogP contribution in [-0.4, -0.2) is 18.5 Å². The van der Waals surface area contributed by atoms with Crippen LogP contribution >= 0.6 is 15.9 Å². The van der Waals surface area contributed by atoms with Gasteiger partial charge in [-0.05, 0) is 47.0 Å². The topological polar surface area (TPSA) is 55.4 Å². The second kappa shape index (κ2) is 8.64. The molecule has 0 spiro atoms. The molecule has 0 aliphatic rings. The van der Waals surface area contributed by atoms with E-state index in [0.717, 1.165) is 12.0 Å². The van der Waals surface area contributed by atoms with Crippen LogP contribution in [0.1, 0.15) is 40.9 Å². The molecule has 2 aromatic carbocycles. The molecule has 2 rings (SSSR count). The summed E-state index contributed by atoms with van der Waals surface area (Å²) in [6.07, 6.45) is 0.757. The number of hydrogen-bond donors (Lipinski definition) is 1. The number of amides is 1. The number of carbonyl (C=O) groups is 2. The zero-order valence-corrected chi connectivity index (χ0v) is 15.3. The molecule has 1 atom stereocenters. The quantitative estimate of drug-likeness (QED) is 0.753. The van der Waals surface area contributed by atoms with E-state index in [1.807, 2.05) is 38.1 Å². The van der Waals surface area contributed by atoms with Gasteiger partial charge in [-0.3, -0.25) is 4.79 Å². The summed E-state index contributed by atoms with van der Waals surface area (Å²) in [6.45, 7) is 3.71. The number of ether oxygens (including phenoxy) is 1. The van der Waals surface area contributed by atoms with Crippen molar-refractivity contribution < 1.29 is 14.3 Å². The minimum absolute atomic E-state index is 0.0970. The standard InChI is InChI=1S/C19H20BrNO3/c1-3-17(14-10-8-13(2)9-11-14)21-18(22)12-24-19(23)15-6-4-5-7-16(15)20/h4-11,17H,3,12H2,1-2H3,(H,21,22)/t17-/m0/s1. The first-order chi connectivity index (χ1) is 11.5. The Morgan fingerprint density at radius 3 is 2.42 bits per heavy atom. The Labute approximate surface area is 150 Å². The summed E-state index contributed by atoms with van der Waals surface area (Å²) in [6, 6.07) is 14.9. The molecule has 126 valence electrons. The molecule has 1 N–H and O–H groups in total. The molecule has 2 aromatic rings. The Hall–Kier alpha value is -2.14. The van der Waals surface area contributed by atoms with E-state index in [1.54, 1.807) is 24.3 Å². The van der Waals surface area contributed by atoms with Crippen LogP contribution in [0.25, 0.3) is 0 Å². The van der Waals surface area contributed by atoms with Crippen LogP contribution in [0.4, 0.5) is 0 Å². The van der Waals surface area contributed by atoms with Crippen molar-refractivity contribution in [3.63, 3.8) is 0 Å². The first kappa shape index (κ1) is 18.2. The van der Waals surface area contributed by atoms with E-state index in [4.69, 9.17) is 4.74 Å². The molecule has 0 bridgehead atoms. The maximum atomic E-state index is 12.1. The summed E-state index contributed by atoms with van der Waals surface area (Å²) < 4.78 is 5.73. The average Bonchev–Trinajstić information content (AvgIpc) is 2.59. The van der Waals surface area contributed by atoms with Gasteiger partial charge in [0.15, 0.2) is 6.61 Å². The van der Waals surface area contributed by atoms with Crippen molar-refractivity contribution in [3.05, 3.63) is 69.7 Å². The van der Waals surface area contributed by atoms with Gasteiger partial charge < -0.3 is 10.1 Å². The van der Waals surface area contributed by atoms with Crippen LogP contribution in [0.3, 0.4) is 0 Å². The van der Waals surface area contributed by atoms with Crippen LogP contribution in [0.2, 0.25) is 0 Å². The molecule has 0 aromatic heterocycles. The Morgan fingerprint density at radius 2 is 1.79 bits per heavy atom. The monoisotopic (exact) mass is 389 g/mol. The fraction of sp³-hybridized carbons (Fsp3) is 0.263. The van der Waals surface area contributed by atoms with Crippen molar-refractivity contribution in [2.45, 2.75) is 26.3 Å². The fourth-order valence-electron chi connectivity index (χ4n) is 2.29. The van der Waals surface area contributed by atoms with Crippen LogP contribution in [0, 0.1) is 6.92 Å². The highest BCUT2D eigenvalue weighted by atomic mass is 79.9. The smallest absolute Gasteiger partial charge is 0.339 e. The van der Waals surface area contributed by atoms with E-state index in [2.05, 4.69) is 21.2 Å². The molecular weight excluding hydrogens is 370 g/mol. The SMILES string of the molecule is CC[C@H](NC(=O)COC(=O)c1ccccc1Br)c1ccc(C)cc1. The maximum absolute atomic E-state index is 12.1. The average molecular weight is 390 g/mol. The van der Waals surface area contributed by atoms with Crippen molar-refractivity contribution in [2.75, 3.05) is 6.61 Å². The number of aryl methyl sites for hydroxylation is 1. The molecule has 0 saturated heterocycles. The Bertz CT molecular complexity index is 713. The van der Waals surface area contributed by atoms with Gasteiger partial charge in [-0.15, -0.1) is 0 Å². The Morgan fingerprint density at radius 1 is 1.12 bits per heavy atom. The van der Waals surface area contributed by atoms with Crippen molar-refractivity contribution in [1.82, 2.24) is 5.32 Å². The van der Waals surface area contributed by atoms with Crippen LogP contribution < -0.4 is 5.32 Å². The van der Waals surface area contributed by atoms with Gasteiger partial charge in [-0.2, -0.15) is 0 Å². The molecule has 5 heteroatoms. The summed E-state index contributed by atoms with van der Waals surface area (Å²) in [4.78, 5) is 24.1. The largest absolute Gasteiger partial charge is 0.452 e. The third-order valence-corrected chi connectivity index (χ3v) is 4.34. The molecule has 0 aliphatic carbocycles. The maximum Gasteiger partial charge on any atom is 0.339 e. The molecule has 24 heavy (non-hydrogen) atoms. The lowest BCUT2D eigenvalue weighted by molar-refractivity contribution is -0.125. The number of rotatable bonds is 6. The number of nitrogens with one attached hydrogen (secondary N) is 1. The lowest BCUT2D eigenvalue weighted by Gasteiger charge is -2.17.